The molecule has 5 nitrogen and oxygen atoms in total. The second-order valence-electron chi connectivity index (χ2n) is 8.10. The largest absolute Gasteiger partial charge is 0.378 e. The predicted molar refractivity (Wildman–Crippen MR) is 119 cm³/mol. The summed E-state index contributed by atoms with van der Waals surface area (Å²) in [6.07, 6.45) is 6.89. The van der Waals surface area contributed by atoms with Crippen LogP contribution >= 0.6 is 24.0 Å². The first-order chi connectivity index (χ1) is 12.2. The summed E-state index contributed by atoms with van der Waals surface area (Å²) in [7, 11) is 1.94. The molecule has 6 heteroatoms. The van der Waals surface area contributed by atoms with Crippen LogP contribution in [0, 0.1) is 11.3 Å². The van der Waals surface area contributed by atoms with Gasteiger partial charge in [-0.2, -0.15) is 0 Å². The monoisotopic (exact) mass is 478 g/mol. The normalized spacial score (nSPS) is 30.1. The van der Waals surface area contributed by atoms with Crippen molar-refractivity contribution in [1.29, 1.82) is 0 Å². The second-order valence-corrected chi connectivity index (χ2v) is 8.10. The van der Waals surface area contributed by atoms with Gasteiger partial charge in [-0.1, -0.05) is 20.3 Å². The van der Waals surface area contributed by atoms with Crippen LogP contribution in [-0.4, -0.2) is 74.3 Å². The van der Waals surface area contributed by atoms with E-state index in [9.17, 15) is 0 Å². The SMILES string of the molecule is CCOC1CC(NC(=NC)N2CCC(CN(CC)CC)C2)C12CCC2.I. The number of nitrogens with zero attached hydrogens (tertiary/aromatic N) is 3. The maximum atomic E-state index is 5.99. The third kappa shape index (κ3) is 4.32. The van der Waals surface area contributed by atoms with Crippen molar-refractivity contribution in [3.05, 3.63) is 0 Å². The fraction of sp³-hybridized carbons (Fsp3) is 0.950. The van der Waals surface area contributed by atoms with Crippen molar-refractivity contribution in [3.8, 4) is 0 Å². The Morgan fingerprint density at radius 3 is 2.54 bits per heavy atom. The van der Waals surface area contributed by atoms with E-state index in [4.69, 9.17) is 4.74 Å². The lowest BCUT2D eigenvalue weighted by molar-refractivity contribution is -0.168. The van der Waals surface area contributed by atoms with Crippen molar-refractivity contribution in [3.63, 3.8) is 0 Å². The lowest BCUT2D eigenvalue weighted by atomic mass is 9.51. The van der Waals surface area contributed by atoms with E-state index >= 15 is 0 Å². The van der Waals surface area contributed by atoms with Crippen LogP contribution in [0.3, 0.4) is 0 Å². The maximum absolute atomic E-state index is 5.99. The van der Waals surface area contributed by atoms with E-state index in [-0.39, 0.29) is 24.0 Å². The minimum Gasteiger partial charge on any atom is -0.378 e. The minimum atomic E-state index is 0. The molecule has 1 heterocycles. The molecule has 0 aromatic rings. The van der Waals surface area contributed by atoms with E-state index in [1.54, 1.807) is 0 Å². The highest BCUT2D eigenvalue weighted by Gasteiger charge is 2.59. The minimum absolute atomic E-state index is 0. The number of likely N-dealkylation sites (tertiary alicyclic amines) is 1. The third-order valence-electron chi connectivity index (χ3n) is 6.95. The van der Waals surface area contributed by atoms with Crippen molar-refractivity contribution in [1.82, 2.24) is 15.1 Å². The van der Waals surface area contributed by atoms with E-state index < -0.39 is 0 Å². The molecule has 3 atom stereocenters. The summed E-state index contributed by atoms with van der Waals surface area (Å²) in [5, 5.41) is 3.81. The zero-order chi connectivity index (χ0) is 17.9. The van der Waals surface area contributed by atoms with Gasteiger partial charge < -0.3 is 19.9 Å². The van der Waals surface area contributed by atoms with Crippen LogP contribution in [0.4, 0.5) is 0 Å². The molecule has 1 spiro atoms. The first kappa shape index (κ1) is 22.2. The van der Waals surface area contributed by atoms with E-state index in [1.165, 1.54) is 32.2 Å². The van der Waals surface area contributed by atoms with Gasteiger partial charge >= 0.3 is 0 Å². The van der Waals surface area contributed by atoms with Crippen LogP contribution in [0.5, 0.6) is 0 Å². The zero-order valence-electron chi connectivity index (χ0n) is 17.2. The van der Waals surface area contributed by atoms with E-state index in [0.29, 0.717) is 17.6 Å². The van der Waals surface area contributed by atoms with Gasteiger partial charge in [-0.05, 0) is 51.6 Å². The molecular weight excluding hydrogens is 439 g/mol. The molecule has 26 heavy (non-hydrogen) atoms. The molecule has 0 amide bonds. The summed E-state index contributed by atoms with van der Waals surface area (Å²) in [5.74, 6) is 1.89. The topological polar surface area (TPSA) is 40.1 Å². The molecule has 1 N–H and O–H groups in total. The Morgan fingerprint density at radius 2 is 2.00 bits per heavy atom. The summed E-state index contributed by atoms with van der Waals surface area (Å²) >= 11 is 0. The van der Waals surface area contributed by atoms with Crippen LogP contribution in [-0.2, 0) is 4.74 Å². The predicted octanol–water partition coefficient (Wildman–Crippen LogP) is 3.19. The number of rotatable bonds is 7. The van der Waals surface area contributed by atoms with Gasteiger partial charge in [-0.15, -0.1) is 24.0 Å². The van der Waals surface area contributed by atoms with Crippen LogP contribution in [0.15, 0.2) is 4.99 Å². The number of nitrogens with one attached hydrogen (secondary N) is 1. The van der Waals surface area contributed by atoms with Gasteiger partial charge in [0.2, 0.25) is 0 Å². The number of guanidine groups is 1. The zero-order valence-corrected chi connectivity index (χ0v) is 19.5. The number of aliphatic imine (C=N–C) groups is 1. The van der Waals surface area contributed by atoms with Crippen molar-refractivity contribution < 1.29 is 4.74 Å². The van der Waals surface area contributed by atoms with Crippen LogP contribution in [0.1, 0.15) is 52.9 Å². The maximum Gasteiger partial charge on any atom is 0.193 e. The molecule has 1 saturated heterocycles. The molecule has 2 saturated carbocycles. The molecule has 1 aliphatic heterocycles. The molecule has 0 bridgehead atoms. The summed E-state index contributed by atoms with van der Waals surface area (Å²) in [6.45, 7) is 13.3. The number of halogens is 1. The van der Waals surface area contributed by atoms with Gasteiger partial charge in [0.1, 0.15) is 0 Å². The molecule has 2 aliphatic carbocycles. The quantitative estimate of drug-likeness (QED) is 0.347. The number of hydrogen-bond acceptors (Lipinski definition) is 3. The molecule has 0 aromatic heterocycles. The first-order valence-corrected chi connectivity index (χ1v) is 10.5. The summed E-state index contributed by atoms with van der Waals surface area (Å²) in [6, 6.07) is 0.554. The molecule has 0 radical (unpaired) electrons. The Labute approximate surface area is 177 Å². The summed E-state index contributed by atoms with van der Waals surface area (Å²) < 4.78 is 5.99. The summed E-state index contributed by atoms with van der Waals surface area (Å²) in [4.78, 5) is 9.65. The van der Waals surface area contributed by atoms with Crippen LogP contribution < -0.4 is 5.32 Å². The van der Waals surface area contributed by atoms with Crippen molar-refractivity contribution in [2.24, 2.45) is 16.3 Å². The highest BCUT2D eigenvalue weighted by Crippen LogP contribution is 2.57. The van der Waals surface area contributed by atoms with Gasteiger partial charge in [0.05, 0.1) is 6.10 Å². The average molecular weight is 478 g/mol. The van der Waals surface area contributed by atoms with Crippen molar-refractivity contribution in [2.75, 3.05) is 46.4 Å². The fourth-order valence-electron chi connectivity index (χ4n) is 5.11. The summed E-state index contributed by atoms with van der Waals surface area (Å²) in [5.41, 5.74) is 0.395. The highest BCUT2D eigenvalue weighted by molar-refractivity contribution is 14.0. The van der Waals surface area contributed by atoms with Crippen LogP contribution in [0.25, 0.3) is 0 Å². The lowest BCUT2D eigenvalue weighted by Crippen LogP contribution is -2.68. The Bertz CT molecular complexity index is 465. The van der Waals surface area contributed by atoms with Crippen molar-refractivity contribution in [2.45, 2.75) is 65.0 Å². The van der Waals surface area contributed by atoms with Gasteiger partial charge in [0, 0.05) is 44.7 Å². The third-order valence-corrected chi connectivity index (χ3v) is 6.95. The van der Waals surface area contributed by atoms with Gasteiger partial charge in [0.25, 0.3) is 0 Å². The van der Waals surface area contributed by atoms with Gasteiger partial charge in [-0.3, -0.25) is 4.99 Å². The van der Waals surface area contributed by atoms with Gasteiger partial charge in [0.15, 0.2) is 5.96 Å². The Balaban J connectivity index is 0.00000243. The molecular formula is C20H39IN4O. The van der Waals surface area contributed by atoms with E-state index in [2.05, 4.69) is 40.9 Å². The molecule has 3 unspecified atom stereocenters. The number of hydrogen-bond donors (Lipinski definition) is 1. The Kier molecular flexibility index (Phi) is 8.47. The second kappa shape index (κ2) is 9.92. The number of ether oxygens (including phenoxy) is 1. The van der Waals surface area contributed by atoms with E-state index in [0.717, 1.165) is 51.1 Å². The molecule has 3 aliphatic rings. The molecule has 0 aromatic carbocycles. The lowest BCUT2D eigenvalue weighted by Gasteiger charge is -2.61. The van der Waals surface area contributed by atoms with Crippen molar-refractivity contribution >= 4 is 29.9 Å². The Hall–Kier alpha value is -0.0800. The fourth-order valence-corrected chi connectivity index (χ4v) is 5.11. The van der Waals surface area contributed by atoms with Crippen LogP contribution in [0.2, 0.25) is 0 Å². The Morgan fingerprint density at radius 1 is 1.27 bits per heavy atom. The molecule has 3 fully saturated rings. The first-order valence-electron chi connectivity index (χ1n) is 10.5. The average Bonchev–Trinajstić information content (AvgIpc) is 3.02. The highest BCUT2D eigenvalue weighted by atomic mass is 127. The standard InChI is InChI=1S/C20H38N4O.HI/c1-5-23(6-2)14-16-9-12-24(15-16)19(21-4)22-17-13-18(25-7-3)20(17)10-8-11-20;/h16-18H,5-15H2,1-4H3,(H,21,22);1H. The molecule has 3 rings (SSSR count). The molecule has 152 valence electrons. The van der Waals surface area contributed by atoms with Gasteiger partial charge in [-0.25, -0.2) is 0 Å². The van der Waals surface area contributed by atoms with E-state index in [1.807, 2.05) is 7.05 Å². The smallest absolute Gasteiger partial charge is 0.193 e.